The Labute approximate surface area is 126 Å². The van der Waals surface area contributed by atoms with Crippen molar-refractivity contribution in [3.05, 3.63) is 29.3 Å². The van der Waals surface area contributed by atoms with Gasteiger partial charge >= 0.3 is 5.97 Å². The first kappa shape index (κ1) is 17.7. The average molecular weight is 313 g/mol. The Morgan fingerprint density at radius 3 is 2.05 bits per heavy atom. The van der Waals surface area contributed by atoms with E-state index in [-0.39, 0.29) is 4.90 Å². The summed E-state index contributed by atoms with van der Waals surface area (Å²) in [4.78, 5) is 12.0. The Hall–Kier alpha value is -1.40. The van der Waals surface area contributed by atoms with Crippen molar-refractivity contribution in [2.75, 3.05) is 0 Å². The molecule has 0 saturated carbocycles. The van der Waals surface area contributed by atoms with Gasteiger partial charge < -0.3 is 4.74 Å². The highest BCUT2D eigenvalue weighted by Gasteiger charge is 2.26. The van der Waals surface area contributed by atoms with Crippen molar-refractivity contribution < 1.29 is 17.9 Å². The molecule has 0 aliphatic carbocycles. The van der Waals surface area contributed by atoms with Gasteiger partial charge in [0.05, 0.1) is 4.90 Å². The summed E-state index contributed by atoms with van der Waals surface area (Å²) in [6.07, 6.45) is 0. The second kappa shape index (κ2) is 6.15. The van der Waals surface area contributed by atoms with Crippen LogP contribution >= 0.6 is 0 Å². The fraction of sp³-hybridized carbons (Fsp3) is 0.533. The van der Waals surface area contributed by atoms with E-state index in [0.29, 0.717) is 0 Å². The predicted molar refractivity (Wildman–Crippen MR) is 81.5 cm³/mol. The second-order valence-electron chi connectivity index (χ2n) is 6.20. The molecule has 0 spiro atoms. The summed E-state index contributed by atoms with van der Waals surface area (Å²) < 4.78 is 32.1. The second-order valence-corrected chi connectivity index (χ2v) is 7.91. The third kappa shape index (κ3) is 5.47. The van der Waals surface area contributed by atoms with E-state index in [1.54, 1.807) is 32.9 Å². The molecule has 0 aromatic heterocycles. The van der Waals surface area contributed by atoms with E-state index in [2.05, 4.69) is 4.72 Å². The molecular formula is C15H23NO4S. The standard InChI is InChI=1S/C15H23NO4S/c1-10-7-11(2)9-13(8-10)21(18,19)16-12(3)14(17)20-15(4,5)6/h7-9,12,16H,1-6H3/t12-/m0/s1. The van der Waals surface area contributed by atoms with E-state index in [4.69, 9.17) is 4.74 Å². The van der Waals surface area contributed by atoms with E-state index in [0.717, 1.165) is 11.1 Å². The summed E-state index contributed by atoms with van der Waals surface area (Å²) in [6.45, 7) is 10.3. The lowest BCUT2D eigenvalue weighted by atomic mass is 10.2. The monoisotopic (exact) mass is 313 g/mol. The lowest BCUT2D eigenvalue weighted by Gasteiger charge is -2.22. The summed E-state index contributed by atoms with van der Waals surface area (Å²) in [5.74, 6) is -0.601. The van der Waals surface area contributed by atoms with Gasteiger partial charge in [-0.15, -0.1) is 0 Å². The number of hydrogen-bond donors (Lipinski definition) is 1. The number of carbonyl (C=O) groups excluding carboxylic acids is 1. The fourth-order valence-electron chi connectivity index (χ4n) is 1.83. The molecule has 0 saturated heterocycles. The molecule has 0 amide bonds. The van der Waals surface area contributed by atoms with Gasteiger partial charge in [-0.2, -0.15) is 4.72 Å². The van der Waals surface area contributed by atoms with E-state index >= 15 is 0 Å². The zero-order chi connectivity index (χ0) is 16.4. The summed E-state index contributed by atoms with van der Waals surface area (Å²) in [5, 5.41) is 0. The van der Waals surface area contributed by atoms with Crippen molar-refractivity contribution in [1.82, 2.24) is 4.72 Å². The molecule has 1 rings (SSSR count). The zero-order valence-electron chi connectivity index (χ0n) is 13.4. The lowest BCUT2D eigenvalue weighted by molar-refractivity contribution is -0.156. The Morgan fingerprint density at radius 1 is 1.14 bits per heavy atom. The van der Waals surface area contributed by atoms with Crippen molar-refractivity contribution in [1.29, 1.82) is 0 Å². The molecule has 0 aliphatic heterocycles. The molecule has 0 radical (unpaired) electrons. The molecule has 21 heavy (non-hydrogen) atoms. The highest BCUT2D eigenvalue weighted by Crippen LogP contribution is 2.15. The Balaban J connectivity index is 2.92. The predicted octanol–water partition coefficient (Wildman–Crippen LogP) is 2.31. The van der Waals surface area contributed by atoms with Gasteiger partial charge in [0.15, 0.2) is 0 Å². The molecule has 6 heteroatoms. The van der Waals surface area contributed by atoms with Crippen molar-refractivity contribution in [3.8, 4) is 0 Å². The van der Waals surface area contributed by atoms with Crippen LogP contribution in [-0.4, -0.2) is 26.0 Å². The summed E-state index contributed by atoms with van der Waals surface area (Å²) in [5.41, 5.74) is 1.04. The van der Waals surface area contributed by atoms with Gasteiger partial charge in [0.25, 0.3) is 0 Å². The van der Waals surface area contributed by atoms with Gasteiger partial charge in [-0.3, -0.25) is 4.79 Å². The van der Waals surface area contributed by atoms with Crippen LogP contribution in [0.2, 0.25) is 0 Å². The zero-order valence-corrected chi connectivity index (χ0v) is 14.2. The van der Waals surface area contributed by atoms with E-state index in [1.165, 1.54) is 6.92 Å². The lowest BCUT2D eigenvalue weighted by Crippen LogP contribution is -2.42. The van der Waals surface area contributed by atoms with Gasteiger partial charge in [0.1, 0.15) is 11.6 Å². The maximum absolute atomic E-state index is 12.3. The molecule has 1 N–H and O–H groups in total. The molecule has 5 nitrogen and oxygen atoms in total. The molecule has 1 aromatic rings. The third-order valence-corrected chi connectivity index (χ3v) is 4.12. The first-order valence-electron chi connectivity index (χ1n) is 6.74. The topological polar surface area (TPSA) is 72.5 Å². The Bertz CT molecular complexity index is 609. The van der Waals surface area contributed by atoms with Crippen LogP contribution in [-0.2, 0) is 19.6 Å². The quantitative estimate of drug-likeness (QED) is 0.866. The van der Waals surface area contributed by atoms with Crippen LogP contribution < -0.4 is 4.72 Å². The minimum Gasteiger partial charge on any atom is -0.459 e. The molecule has 0 unspecified atom stereocenters. The average Bonchev–Trinajstić information content (AvgIpc) is 2.24. The van der Waals surface area contributed by atoms with Gasteiger partial charge in [-0.1, -0.05) is 6.07 Å². The van der Waals surface area contributed by atoms with Crippen LogP contribution in [0.3, 0.4) is 0 Å². The molecule has 0 fully saturated rings. The van der Waals surface area contributed by atoms with Crippen molar-refractivity contribution in [2.45, 2.75) is 58.1 Å². The Morgan fingerprint density at radius 2 is 1.62 bits per heavy atom. The van der Waals surface area contributed by atoms with Gasteiger partial charge in [-0.05, 0) is 64.8 Å². The number of sulfonamides is 1. The van der Waals surface area contributed by atoms with Gasteiger partial charge in [-0.25, -0.2) is 8.42 Å². The number of esters is 1. The van der Waals surface area contributed by atoms with E-state index in [1.807, 2.05) is 19.9 Å². The number of rotatable bonds is 4. The van der Waals surface area contributed by atoms with Crippen molar-refractivity contribution >= 4 is 16.0 Å². The molecule has 1 atom stereocenters. The maximum atomic E-state index is 12.3. The molecule has 0 aliphatic rings. The van der Waals surface area contributed by atoms with Gasteiger partial charge in [0, 0.05) is 0 Å². The molecule has 0 heterocycles. The van der Waals surface area contributed by atoms with Crippen LogP contribution in [0.5, 0.6) is 0 Å². The van der Waals surface area contributed by atoms with Crippen LogP contribution in [0.4, 0.5) is 0 Å². The van der Waals surface area contributed by atoms with Crippen LogP contribution in [0.15, 0.2) is 23.1 Å². The number of aryl methyl sites for hydroxylation is 2. The van der Waals surface area contributed by atoms with Crippen molar-refractivity contribution in [3.63, 3.8) is 0 Å². The summed E-state index contributed by atoms with van der Waals surface area (Å²) >= 11 is 0. The van der Waals surface area contributed by atoms with E-state index < -0.39 is 27.6 Å². The van der Waals surface area contributed by atoms with Crippen LogP contribution in [0.25, 0.3) is 0 Å². The van der Waals surface area contributed by atoms with E-state index in [9.17, 15) is 13.2 Å². The highest BCUT2D eigenvalue weighted by atomic mass is 32.2. The smallest absolute Gasteiger partial charge is 0.324 e. The molecule has 0 bridgehead atoms. The SMILES string of the molecule is Cc1cc(C)cc(S(=O)(=O)N[C@@H](C)C(=O)OC(C)(C)C)c1. The maximum Gasteiger partial charge on any atom is 0.324 e. The van der Waals surface area contributed by atoms with Crippen LogP contribution in [0, 0.1) is 13.8 Å². The third-order valence-electron chi connectivity index (χ3n) is 2.60. The highest BCUT2D eigenvalue weighted by molar-refractivity contribution is 7.89. The van der Waals surface area contributed by atoms with Crippen molar-refractivity contribution in [2.24, 2.45) is 0 Å². The van der Waals surface area contributed by atoms with Crippen LogP contribution in [0.1, 0.15) is 38.8 Å². The summed E-state index contributed by atoms with van der Waals surface area (Å²) in [6, 6.07) is 4.07. The number of carbonyl (C=O) groups is 1. The van der Waals surface area contributed by atoms with Gasteiger partial charge in [0.2, 0.25) is 10.0 Å². The summed E-state index contributed by atoms with van der Waals surface area (Å²) in [7, 11) is -3.76. The minimum atomic E-state index is -3.76. The molecule has 118 valence electrons. The number of benzene rings is 1. The molecular weight excluding hydrogens is 290 g/mol. The minimum absolute atomic E-state index is 0.149. The normalized spacial score (nSPS) is 13.8. The molecule has 1 aromatic carbocycles. The largest absolute Gasteiger partial charge is 0.459 e. The first-order valence-corrected chi connectivity index (χ1v) is 8.22. The number of nitrogens with one attached hydrogen (secondary N) is 1. The Kier molecular flexibility index (Phi) is 5.17. The fourth-order valence-corrected chi connectivity index (χ4v) is 3.21. The first-order chi connectivity index (χ1) is 9.40. The number of ether oxygens (including phenoxy) is 1. The number of hydrogen-bond acceptors (Lipinski definition) is 4.